The Hall–Kier alpha value is -2.44. The van der Waals surface area contributed by atoms with Crippen molar-refractivity contribution in [3.05, 3.63) is 35.6 Å². The van der Waals surface area contributed by atoms with Crippen molar-refractivity contribution < 1.29 is 23.5 Å². The van der Waals surface area contributed by atoms with Gasteiger partial charge in [-0.15, -0.1) is 0 Å². The van der Waals surface area contributed by atoms with E-state index >= 15 is 0 Å². The molecule has 1 aromatic rings. The smallest absolute Gasteiger partial charge is 0.321 e. The van der Waals surface area contributed by atoms with Gasteiger partial charge in [0.1, 0.15) is 5.82 Å². The Bertz CT molecular complexity index is 657. The highest BCUT2D eigenvalue weighted by Gasteiger charge is 2.45. The summed E-state index contributed by atoms with van der Waals surface area (Å²) in [6.45, 7) is 1.88. The molecule has 0 aromatic heterocycles. The minimum atomic E-state index is -1.06. The Morgan fingerprint density at radius 1 is 1.19 bits per heavy atom. The predicted molar refractivity (Wildman–Crippen MR) is 94.0 cm³/mol. The molecule has 1 aliphatic rings. The van der Waals surface area contributed by atoms with Crippen molar-refractivity contribution in [3.8, 4) is 0 Å². The van der Waals surface area contributed by atoms with Crippen molar-refractivity contribution in [2.24, 2.45) is 0 Å². The van der Waals surface area contributed by atoms with Gasteiger partial charge in [0.05, 0.1) is 5.41 Å². The van der Waals surface area contributed by atoms with Gasteiger partial charge in [0.15, 0.2) is 6.61 Å². The minimum Gasteiger partial charge on any atom is -0.455 e. The third-order valence-electron chi connectivity index (χ3n) is 4.64. The van der Waals surface area contributed by atoms with Gasteiger partial charge in [-0.1, -0.05) is 44.4 Å². The van der Waals surface area contributed by atoms with Crippen molar-refractivity contribution in [2.75, 3.05) is 13.2 Å². The molecule has 0 atom stereocenters. The lowest BCUT2D eigenvalue weighted by Gasteiger charge is -2.27. The van der Waals surface area contributed by atoms with Gasteiger partial charge in [0.2, 0.25) is 0 Å². The molecule has 3 amide bonds. The molecule has 7 heteroatoms. The van der Waals surface area contributed by atoms with Crippen molar-refractivity contribution in [1.29, 1.82) is 0 Å². The molecule has 0 heterocycles. The van der Waals surface area contributed by atoms with Crippen molar-refractivity contribution in [1.82, 2.24) is 10.6 Å². The summed E-state index contributed by atoms with van der Waals surface area (Å²) in [5.74, 6) is -1.79. The first-order chi connectivity index (χ1) is 12.5. The molecule has 2 rings (SSSR count). The van der Waals surface area contributed by atoms with Crippen LogP contribution in [0, 0.1) is 5.82 Å². The molecule has 26 heavy (non-hydrogen) atoms. The number of unbranched alkanes of at least 4 members (excludes halogenated alkanes) is 1. The van der Waals surface area contributed by atoms with Crippen LogP contribution in [0.1, 0.15) is 51.0 Å². The molecular formula is C19H25FN2O4. The average Bonchev–Trinajstić information content (AvgIpc) is 3.11. The number of amides is 3. The van der Waals surface area contributed by atoms with E-state index in [2.05, 4.69) is 10.6 Å². The topological polar surface area (TPSA) is 84.5 Å². The van der Waals surface area contributed by atoms with E-state index in [4.69, 9.17) is 4.74 Å². The van der Waals surface area contributed by atoms with E-state index in [1.807, 2.05) is 6.92 Å². The summed E-state index contributed by atoms with van der Waals surface area (Å²) in [6.07, 6.45) is 4.26. The molecule has 0 aliphatic heterocycles. The second-order valence-corrected chi connectivity index (χ2v) is 6.50. The van der Waals surface area contributed by atoms with E-state index in [0.29, 0.717) is 24.9 Å². The van der Waals surface area contributed by atoms with Crippen LogP contribution in [0.3, 0.4) is 0 Å². The number of nitrogens with one attached hydrogen (secondary N) is 2. The summed E-state index contributed by atoms with van der Waals surface area (Å²) >= 11 is 0. The maximum atomic E-state index is 14.2. The number of halogens is 1. The highest BCUT2D eigenvalue weighted by molar-refractivity contribution is 5.96. The molecule has 142 valence electrons. The number of imide groups is 1. The molecule has 0 radical (unpaired) electrons. The lowest BCUT2D eigenvalue weighted by Crippen LogP contribution is -2.43. The first-order valence-electron chi connectivity index (χ1n) is 8.99. The molecule has 1 fully saturated rings. The highest BCUT2D eigenvalue weighted by atomic mass is 19.1. The van der Waals surface area contributed by atoms with E-state index in [-0.39, 0.29) is 0 Å². The number of rotatable bonds is 7. The molecule has 0 spiro atoms. The Morgan fingerprint density at radius 3 is 2.54 bits per heavy atom. The predicted octanol–water partition coefficient (Wildman–Crippen LogP) is 2.81. The van der Waals surface area contributed by atoms with Crippen LogP contribution < -0.4 is 10.6 Å². The van der Waals surface area contributed by atoms with Gasteiger partial charge >= 0.3 is 12.0 Å². The van der Waals surface area contributed by atoms with Gasteiger partial charge in [0.25, 0.3) is 5.91 Å². The fourth-order valence-corrected chi connectivity index (χ4v) is 3.27. The maximum Gasteiger partial charge on any atom is 0.321 e. The number of hydrogen-bond donors (Lipinski definition) is 2. The number of hydrogen-bond acceptors (Lipinski definition) is 4. The average molecular weight is 364 g/mol. The summed E-state index contributed by atoms with van der Waals surface area (Å²) in [4.78, 5) is 36.0. The molecule has 2 N–H and O–H groups in total. The lowest BCUT2D eigenvalue weighted by atomic mass is 9.78. The molecular weight excluding hydrogens is 339 g/mol. The second kappa shape index (κ2) is 9.31. The largest absolute Gasteiger partial charge is 0.455 e. The number of carbonyl (C=O) groups excluding carboxylic acids is 3. The van der Waals surface area contributed by atoms with Crippen LogP contribution in [0.5, 0.6) is 0 Å². The Balaban J connectivity index is 1.94. The van der Waals surface area contributed by atoms with Gasteiger partial charge in [0, 0.05) is 12.1 Å². The normalized spacial score (nSPS) is 15.3. The number of ether oxygens (including phenoxy) is 1. The van der Waals surface area contributed by atoms with Crippen LogP contribution in [0.2, 0.25) is 0 Å². The molecule has 1 saturated carbocycles. The molecule has 6 nitrogen and oxygen atoms in total. The van der Waals surface area contributed by atoms with E-state index in [1.165, 1.54) is 6.07 Å². The maximum absolute atomic E-state index is 14.2. The fraction of sp³-hybridized carbons (Fsp3) is 0.526. The van der Waals surface area contributed by atoms with Gasteiger partial charge < -0.3 is 10.1 Å². The molecule has 0 saturated heterocycles. The summed E-state index contributed by atoms with van der Waals surface area (Å²) in [6, 6.07) is 5.53. The third kappa shape index (κ3) is 4.80. The summed E-state index contributed by atoms with van der Waals surface area (Å²) in [7, 11) is 0. The zero-order chi connectivity index (χ0) is 19.0. The standard InChI is InChI=1S/C19H25FN2O4/c1-2-3-12-21-18(25)22-16(23)13-26-17(24)19(10-6-7-11-19)14-8-4-5-9-15(14)20/h4-5,8-9H,2-3,6-7,10-13H2,1H3,(H2,21,22,23,25). The molecule has 0 bridgehead atoms. The molecule has 1 aromatic carbocycles. The SMILES string of the molecule is CCCCNC(=O)NC(=O)COC(=O)C1(c2ccccc2F)CCCC1. The number of esters is 1. The van der Waals surface area contributed by atoms with Crippen LogP contribution in [0.4, 0.5) is 9.18 Å². The van der Waals surface area contributed by atoms with E-state index < -0.39 is 35.7 Å². The van der Waals surface area contributed by atoms with Crippen molar-refractivity contribution >= 4 is 17.9 Å². The molecule has 1 aliphatic carbocycles. The first kappa shape index (κ1) is 19.9. The fourth-order valence-electron chi connectivity index (χ4n) is 3.27. The number of benzene rings is 1. The van der Waals surface area contributed by atoms with Crippen LogP contribution in [-0.2, 0) is 19.7 Å². The van der Waals surface area contributed by atoms with Gasteiger partial charge in [-0.3, -0.25) is 14.9 Å². The number of carbonyl (C=O) groups is 3. The number of urea groups is 1. The monoisotopic (exact) mass is 364 g/mol. The van der Waals surface area contributed by atoms with Crippen molar-refractivity contribution in [3.63, 3.8) is 0 Å². The Labute approximate surface area is 152 Å². The van der Waals surface area contributed by atoms with Gasteiger partial charge in [-0.25, -0.2) is 9.18 Å². The Morgan fingerprint density at radius 2 is 1.88 bits per heavy atom. The van der Waals surface area contributed by atoms with Gasteiger partial charge in [-0.2, -0.15) is 0 Å². The summed E-state index contributed by atoms with van der Waals surface area (Å²) in [5.41, 5.74) is -0.755. The lowest BCUT2D eigenvalue weighted by molar-refractivity contribution is -0.154. The molecule has 0 unspecified atom stereocenters. The highest BCUT2D eigenvalue weighted by Crippen LogP contribution is 2.43. The minimum absolute atomic E-state index is 0.306. The van der Waals surface area contributed by atoms with Crippen LogP contribution in [0.15, 0.2) is 24.3 Å². The van der Waals surface area contributed by atoms with E-state index in [1.54, 1.807) is 18.2 Å². The van der Waals surface area contributed by atoms with Crippen molar-refractivity contribution in [2.45, 2.75) is 50.9 Å². The van der Waals surface area contributed by atoms with Gasteiger partial charge in [-0.05, 0) is 25.3 Å². The second-order valence-electron chi connectivity index (χ2n) is 6.50. The zero-order valence-electron chi connectivity index (χ0n) is 15.0. The quantitative estimate of drug-likeness (QED) is 0.576. The van der Waals surface area contributed by atoms with E-state index in [9.17, 15) is 18.8 Å². The zero-order valence-corrected chi connectivity index (χ0v) is 15.0. The van der Waals surface area contributed by atoms with Crippen LogP contribution in [0.25, 0.3) is 0 Å². The van der Waals surface area contributed by atoms with Crippen LogP contribution >= 0.6 is 0 Å². The summed E-state index contributed by atoms with van der Waals surface area (Å²) < 4.78 is 19.4. The third-order valence-corrected chi connectivity index (χ3v) is 4.64. The Kier molecular flexibility index (Phi) is 7.12. The summed E-state index contributed by atoms with van der Waals surface area (Å²) in [5, 5.41) is 4.65. The van der Waals surface area contributed by atoms with Crippen LogP contribution in [-0.4, -0.2) is 31.1 Å². The van der Waals surface area contributed by atoms with E-state index in [0.717, 1.165) is 25.7 Å². The first-order valence-corrected chi connectivity index (χ1v) is 8.99.